The number of ether oxygens (including phenoxy) is 2. The van der Waals surface area contributed by atoms with Crippen LogP contribution in [-0.4, -0.2) is 31.6 Å². The lowest BCUT2D eigenvalue weighted by Gasteiger charge is -2.17. The largest absolute Gasteiger partial charge is 0.490 e. The van der Waals surface area contributed by atoms with Gasteiger partial charge in [-0.15, -0.1) is 0 Å². The molecule has 0 radical (unpaired) electrons. The monoisotopic (exact) mass is 329 g/mol. The number of hydrogen-bond donors (Lipinski definition) is 1. The van der Waals surface area contributed by atoms with Crippen molar-refractivity contribution in [1.82, 2.24) is 5.32 Å². The van der Waals surface area contributed by atoms with Crippen LogP contribution in [0.2, 0.25) is 0 Å². The summed E-state index contributed by atoms with van der Waals surface area (Å²) in [6.07, 6.45) is 0. The van der Waals surface area contributed by atoms with Crippen molar-refractivity contribution >= 4 is 27.8 Å². The van der Waals surface area contributed by atoms with Crippen LogP contribution in [0.3, 0.4) is 0 Å². The van der Waals surface area contributed by atoms with Crippen LogP contribution in [0.1, 0.15) is 12.5 Å². The van der Waals surface area contributed by atoms with E-state index in [4.69, 9.17) is 4.74 Å². The summed E-state index contributed by atoms with van der Waals surface area (Å²) in [6.45, 7) is 3.30. The number of nitrogens with one attached hydrogen (secondary N) is 1. The Hall–Kier alpha value is -1.56. The van der Waals surface area contributed by atoms with Gasteiger partial charge in [-0.05, 0) is 40.5 Å². The molecule has 1 N–H and O–H groups in total. The summed E-state index contributed by atoms with van der Waals surface area (Å²) in [5, 5.41) is 2.48. The van der Waals surface area contributed by atoms with E-state index in [1.807, 2.05) is 19.1 Å². The molecule has 1 unspecified atom stereocenters. The molecule has 0 heterocycles. The van der Waals surface area contributed by atoms with Crippen LogP contribution < -0.4 is 10.1 Å². The Labute approximate surface area is 120 Å². The molecule has 0 aliphatic carbocycles. The van der Waals surface area contributed by atoms with E-state index in [0.717, 1.165) is 10.0 Å². The molecule has 0 aliphatic rings. The third-order valence-corrected chi connectivity index (χ3v) is 2.98. The predicted molar refractivity (Wildman–Crippen MR) is 74.0 cm³/mol. The Morgan fingerprint density at radius 3 is 2.63 bits per heavy atom. The van der Waals surface area contributed by atoms with Gasteiger partial charge < -0.3 is 14.8 Å². The summed E-state index contributed by atoms with van der Waals surface area (Å²) in [7, 11) is 1.26. The van der Waals surface area contributed by atoms with E-state index in [0.29, 0.717) is 5.75 Å². The van der Waals surface area contributed by atoms with Crippen LogP contribution in [0.15, 0.2) is 22.7 Å². The van der Waals surface area contributed by atoms with E-state index in [1.54, 1.807) is 6.07 Å². The molecular weight excluding hydrogens is 314 g/mol. The lowest BCUT2D eigenvalue weighted by molar-refractivity contribution is -0.145. The number of halogens is 1. The molecule has 0 bridgehead atoms. The highest BCUT2D eigenvalue weighted by Gasteiger charge is 2.21. The summed E-state index contributed by atoms with van der Waals surface area (Å²) < 4.78 is 10.9. The Morgan fingerprint density at radius 2 is 2.11 bits per heavy atom. The second-order valence-electron chi connectivity index (χ2n) is 4.02. The highest BCUT2D eigenvalue weighted by atomic mass is 79.9. The molecule has 1 aromatic carbocycles. The number of carbonyl (C=O) groups excluding carboxylic acids is 2. The van der Waals surface area contributed by atoms with Gasteiger partial charge in [0.05, 0.1) is 11.6 Å². The molecule has 1 atom stereocenters. The van der Waals surface area contributed by atoms with Crippen LogP contribution in [-0.2, 0) is 14.3 Å². The number of methoxy groups -OCH3 is 1. The van der Waals surface area contributed by atoms with Crippen LogP contribution in [0.5, 0.6) is 5.75 Å². The van der Waals surface area contributed by atoms with E-state index in [-0.39, 0.29) is 12.5 Å². The van der Waals surface area contributed by atoms with Gasteiger partial charge in [0, 0.05) is 6.92 Å². The van der Waals surface area contributed by atoms with Crippen LogP contribution in [0, 0.1) is 6.92 Å². The number of benzene rings is 1. The molecule has 0 saturated heterocycles. The SMILES string of the molecule is COC(=O)C(COc1ccc(C)cc1Br)NC(C)=O. The minimum Gasteiger partial charge on any atom is -0.490 e. The minimum atomic E-state index is -0.823. The maximum atomic E-state index is 11.5. The Bertz CT molecular complexity index is 476. The molecule has 0 fully saturated rings. The van der Waals surface area contributed by atoms with Gasteiger partial charge in [0.1, 0.15) is 12.4 Å². The quantitative estimate of drug-likeness (QED) is 0.837. The first-order valence-electron chi connectivity index (χ1n) is 5.68. The van der Waals surface area contributed by atoms with Gasteiger partial charge in [-0.25, -0.2) is 4.79 Å². The number of hydrogen-bond acceptors (Lipinski definition) is 4. The summed E-state index contributed by atoms with van der Waals surface area (Å²) in [5.74, 6) is -0.259. The molecule has 1 rings (SSSR count). The zero-order valence-corrected chi connectivity index (χ0v) is 12.6. The van der Waals surface area contributed by atoms with Gasteiger partial charge in [0.2, 0.25) is 5.91 Å². The maximum Gasteiger partial charge on any atom is 0.331 e. The number of esters is 1. The molecule has 0 saturated carbocycles. The first kappa shape index (κ1) is 15.5. The van der Waals surface area contributed by atoms with Gasteiger partial charge in [-0.2, -0.15) is 0 Å². The highest BCUT2D eigenvalue weighted by Crippen LogP contribution is 2.25. The fourth-order valence-corrected chi connectivity index (χ4v) is 2.06. The fraction of sp³-hybridized carbons (Fsp3) is 0.385. The van der Waals surface area contributed by atoms with Crippen molar-refractivity contribution in [3.63, 3.8) is 0 Å². The zero-order valence-electron chi connectivity index (χ0n) is 11.0. The standard InChI is InChI=1S/C13H16BrNO4/c1-8-4-5-12(10(14)6-8)19-7-11(13(17)18-3)15-9(2)16/h4-6,11H,7H2,1-3H3,(H,15,16). The third-order valence-electron chi connectivity index (χ3n) is 2.36. The smallest absolute Gasteiger partial charge is 0.331 e. The molecule has 5 nitrogen and oxygen atoms in total. The van der Waals surface area contributed by atoms with E-state index >= 15 is 0 Å². The molecule has 19 heavy (non-hydrogen) atoms. The molecule has 104 valence electrons. The molecule has 1 amide bonds. The van der Waals surface area contributed by atoms with E-state index in [1.165, 1.54) is 14.0 Å². The van der Waals surface area contributed by atoms with E-state index in [2.05, 4.69) is 26.0 Å². The number of rotatable bonds is 5. The van der Waals surface area contributed by atoms with Crippen LogP contribution >= 0.6 is 15.9 Å². The Balaban J connectivity index is 2.70. The molecule has 0 aromatic heterocycles. The first-order chi connectivity index (χ1) is 8.93. The average Bonchev–Trinajstić information content (AvgIpc) is 2.34. The number of amides is 1. The average molecular weight is 330 g/mol. The minimum absolute atomic E-state index is 0.00785. The van der Waals surface area contributed by atoms with E-state index in [9.17, 15) is 9.59 Å². The zero-order chi connectivity index (χ0) is 14.4. The number of carbonyl (C=O) groups is 2. The van der Waals surface area contributed by atoms with Crippen molar-refractivity contribution in [1.29, 1.82) is 0 Å². The maximum absolute atomic E-state index is 11.5. The van der Waals surface area contributed by atoms with Crippen LogP contribution in [0.25, 0.3) is 0 Å². The molecule has 6 heteroatoms. The molecule has 1 aromatic rings. The van der Waals surface area contributed by atoms with Gasteiger partial charge >= 0.3 is 5.97 Å². The van der Waals surface area contributed by atoms with Gasteiger partial charge in [0.15, 0.2) is 6.04 Å². The summed E-state index contributed by atoms with van der Waals surface area (Å²) in [4.78, 5) is 22.5. The van der Waals surface area contributed by atoms with Crippen molar-refractivity contribution in [3.05, 3.63) is 28.2 Å². The van der Waals surface area contributed by atoms with Crippen molar-refractivity contribution in [3.8, 4) is 5.75 Å². The molecular formula is C13H16BrNO4. The Kier molecular flexibility index (Phi) is 5.82. The topological polar surface area (TPSA) is 64.6 Å². The highest BCUT2D eigenvalue weighted by molar-refractivity contribution is 9.10. The Morgan fingerprint density at radius 1 is 1.42 bits per heavy atom. The van der Waals surface area contributed by atoms with Crippen molar-refractivity contribution in [2.24, 2.45) is 0 Å². The lowest BCUT2D eigenvalue weighted by atomic mass is 10.2. The van der Waals surface area contributed by atoms with Crippen LogP contribution in [0.4, 0.5) is 0 Å². The van der Waals surface area contributed by atoms with Gasteiger partial charge in [-0.3, -0.25) is 4.79 Å². The number of aryl methyl sites for hydroxylation is 1. The molecule has 0 spiro atoms. The van der Waals surface area contributed by atoms with E-state index < -0.39 is 12.0 Å². The summed E-state index contributed by atoms with van der Waals surface area (Å²) >= 11 is 3.37. The van der Waals surface area contributed by atoms with Crippen molar-refractivity contribution < 1.29 is 19.1 Å². The van der Waals surface area contributed by atoms with Crippen molar-refractivity contribution in [2.75, 3.05) is 13.7 Å². The normalized spacial score (nSPS) is 11.6. The second kappa shape index (κ2) is 7.13. The summed E-state index contributed by atoms with van der Waals surface area (Å²) in [6, 6.07) is 4.77. The third kappa shape index (κ3) is 4.90. The first-order valence-corrected chi connectivity index (χ1v) is 6.47. The summed E-state index contributed by atoms with van der Waals surface area (Å²) in [5.41, 5.74) is 1.09. The van der Waals surface area contributed by atoms with Gasteiger partial charge in [-0.1, -0.05) is 6.07 Å². The van der Waals surface area contributed by atoms with Gasteiger partial charge in [0.25, 0.3) is 0 Å². The molecule has 0 aliphatic heterocycles. The van der Waals surface area contributed by atoms with Crippen molar-refractivity contribution in [2.45, 2.75) is 19.9 Å². The fourth-order valence-electron chi connectivity index (χ4n) is 1.45. The predicted octanol–water partition coefficient (Wildman–Crippen LogP) is 1.81. The lowest BCUT2D eigenvalue weighted by Crippen LogP contribution is -2.44. The second-order valence-corrected chi connectivity index (χ2v) is 4.88.